The van der Waals surface area contributed by atoms with Crippen LogP contribution in [0.15, 0.2) is 77.3 Å². The Bertz CT molecular complexity index is 1130. The van der Waals surface area contributed by atoms with E-state index >= 15 is 0 Å². The van der Waals surface area contributed by atoms with Crippen LogP contribution in [0.5, 0.6) is 5.75 Å². The Labute approximate surface area is 224 Å². The average molecular weight is 550 g/mol. The number of rotatable bonds is 6. The lowest BCUT2D eigenvalue weighted by Gasteiger charge is -2.58. The van der Waals surface area contributed by atoms with Gasteiger partial charge in [0.1, 0.15) is 5.75 Å². The van der Waals surface area contributed by atoms with E-state index in [-0.39, 0.29) is 6.03 Å². The van der Waals surface area contributed by atoms with E-state index in [9.17, 15) is 4.79 Å². The molecule has 0 aromatic heterocycles. The molecule has 2 aliphatic rings. The van der Waals surface area contributed by atoms with Gasteiger partial charge in [0.15, 0.2) is 0 Å². The largest absolute Gasteiger partial charge is 0.497 e. The molecule has 5 rings (SSSR count). The van der Waals surface area contributed by atoms with E-state index in [1.54, 1.807) is 7.11 Å². The van der Waals surface area contributed by atoms with Crippen LogP contribution in [-0.4, -0.2) is 19.2 Å². The minimum Gasteiger partial charge on any atom is -0.497 e. The molecule has 0 heterocycles. The smallest absolute Gasteiger partial charge is 0.315 e. The number of benzene rings is 3. The van der Waals surface area contributed by atoms with Crippen molar-refractivity contribution in [3.05, 3.63) is 99.5 Å². The Morgan fingerprint density at radius 2 is 1.58 bits per heavy atom. The van der Waals surface area contributed by atoms with Crippen LogP contribution in [0.3, 0.4) is 0 Å². The molecule has 2 N–H and O–H groups in total. The van der Waals surface area contributed by atoms with Crippen molar-refractivity contribution in [1.82, 2.24) is 10.6 Å². The van der Waals surface area contributed by atoms with Crippen molar-refractivity contribution in [2.45, 2.75) is 58.5 Å². The summed E-state index contributed by atoms with van der Waals surface area (Å²) in [6.45, 7) is 4.77. The predicted octanol–water partition coefficient (Wildman–Crippen LogP) is 7.36. The van der Waals surface area contributed by atoms with Crippen molar-refractivity contribution in [2.24, 2.45) is 11.3 Å². The van der Waals surface area contributed by atoms with E-state index < -0.39 is 0 Å². The second kappa shape index (κ2) is 12.0. The van der Waals surface area contributed by atoms with Gasteiger partial charge >= 0.3 is 6.03 Å². The molecule has 3 aromatic carbocycles. The van der Waals surface area contributed by atoms with Crippen LogP contribution in [0.2, 0.25) is 0 Å². The molecule has 2 fully saturated rings. The molecule has 0 unspecified atom stereocenters. The van der Waals surface area contributed by atoms with Gasteiger partial charge in [0.05, 0.1) is 7.11 Å². The molecule has 0 saturated heterocycles. The van der Waals surface area contributed by atoms with Crippen LogP contribution >= 0.6 is 15.9 Å². The van der Waals surface area contributed by atoms with E-state index in [1.807, 2.05) is 36.4 Å². The van der Waals surface area contributed by atoms with Gasteiger partial charge < -0.3 is 15.4 Å². The van der Waals surface area contributed by atoms with Gasteiger partial charge in [-0.05, 0) is 92.7 Å². The molecule has 2 saturated carbocycles. The molecule has 2 amide bonds. The summed E-state index contributed by atoms with van der Waals surface area (Å²) >= 11 is 3.36. The first-order valence-electron chi connectivity index (χ1n) is 12.8. The van der Waals surface area contributed by atoms with E-state index in [0.717, 1.165) is 34.5 Å². The highest BCUT2D eigenvalue weighted by atomic mass is 79.9. The van der Waals surface area contributed by atoms with Gasteiger partial charge in [-0.2, -0.15) is 0 Å². The summed E-state index contributed by atoms with van der Waals surface area (Å²) in [6, 6.07) is 25.1. The van der Waals surface area contributed by atoms with Crippen molar-refractivity contribution in [2.75, 3.05) is 7.11 Å². The summed E-state index contributed by atoms with van der Waals surface area (Å²) in [5.74, 6) is 1.64. The molecule has 36 heavy (non-hydrogen) atoms. The molecule has 0 atom stereocenters. The van der Waals surface area contributed by atoms with Crippen LogP contribution in [0, 0.1) is 25.2 Å². The highest BCUT2D eigenvalue weighted by molar-refractivity contribution is 9.10. The van der Waals surface area contributed by atoms with Gasteiger partial charge in [0, 0.05) is 17.1 Å². The number of hydrogen-bond donors (Lipinski definition) is 2. The van der Waals surface area contributed by atoms with Gasteiger partial charge in [-0.15, -0.1) is 0 Å². The average Bonchev–Trinajstić information content (AvgIpc) is 2.80. The third-order valence-corrected chi connectivity index (χ3v) is 7.83. The Hall–Kier alpha value is -2.79. The third-order valence-electron chi connectivity index (χ3n) is 7.34. The van der Waals surface area contributed by atoms with E-state index in [2.05, 4.69) is 76.8 Å². The number of hydrogen-bond acceptors (Lipinski definition) is 2. The zero-order chi connectivity index (χ0) is 25.5. The number of amides is 2. The zero-order valence-corrected chi connectivity index (χ0v) is 23.1. The lowest BCUT2D eigenvalue weighted by Crippen LogP contribution is -2.57. The number of aryl methyl sites for hydroxylation is 2. The van der Waals surface area contributed by atoms with Crippen molar-refractivity contribution in [3.63, 3.8) is 0 Å². The Balaban J connectivity index is 0.000000325. The number of halogens is 1. The van der Waals surface area contributed by atoms with Crippen molar-refractivity contribution >= 4 is 22.0 Å². The molecule has 0 bridgehead atoms. The van der Waals surface area contributed by atoms with Crippen molar-refractivity contribution in [3.8, 4) is 5.75 Å². The lowest BCUT2D eigenvalue weighted by atomic mass is 9.49. The maximum Gasteiger partial charge on any atom is 0.315 e. The summed E-state index contributed by atoms with van der Waals surface area (Å²) in [4.78, 5) is 12.2. The predicted molar refractivity (Wildman–Crippen MR) is 150 cm³/mol. The molecule has 190 valence electrons. The van der Waals surface area contributed by atoms with Gasteiger partial charge in [-0.1, -0.05) is 75.6 Å². The number of carbonyl (C=O) groups is 1. The van der Waals surface area contributed by atoms with Crippen LogP contribution in [0.25, 0.3) is 0 Å². The van der Waals surface area contributed by atoms with E-state index in [0.29, 0.717) is 18.0 Å². The Kier molecular flexibility index (Phi) is 8.73. The molecule has 3 aromatic rings. The van der Waals surface area contributed by atoms with Crippen LogP contribution in [0.4, 0.5) is 4.79 Å². The fraction of sp³-hybridized carbons (Fsp3) is 0.387. The number of urea groups is 1. The summed E-state index contributed by atoms with van der Waals surface area (Å²) in [5.41, 5.74) is 5.67. The quantitative estimate of drug-likeness (QED) is 0.338. The Morgan fingerprint density at radius 1 is 0.917 bits per heavy atom. The lowest BCUT2D eigenvalue weighted by molar-refractivity contribution is -0.0454. The van der Waals surface area contributed by atoms with Gasteiger partial charge in [0.2, 0.25) is 0 Å². The molecule has 1 spiro atoms. The van der Waals surface area contributed by atoms with Crippen molar-refractivity contribution < 1.29 is 9.53 Å². The first-order valence-corrected chi connectivity index (χ1v) is 13.6. The van der Waals surface area contributed by atoms with E-state index in [4.69, 9.17) is 4.74 Å². The summed E-state index contributed by atoms with van der Waals surface area (Å²) in [6.07, 6.45) is 6.09. The molecule has 0 aliphatic heterocycles. The molecule has 5 heteroatoms. The molecule has 4 nitrogen and oxygen atoms in total. The number of carbonyl (C=O) groups excluding carboxylic acids is 1. The topological polar surface area (TPSA) is 50.4 Å². The maximum atomic E-state index is 12.2. The second-order valence-electron chi connectivity index (χ2n) is 10.5. The fourth-order valence-corrected chi connectivity index (χ4v) is 6.18. The first kappa shape index (κ1) is 26.3. The second-order valence-corrected chi connectivity index (χ2v) is 11.5. The molecular formula is C31H37BrN2O2. The highest BCUT2D eigenvalue weighted by Crippen LogP contribution is 2.59. The van der Waals surface area contributed by atoms with Crippen molar-refractivity contribution in [1.29, 1.82) is 0 Å². The first-order chi connectivity index (χ1) is 17.3. The van der Waals surface area contributed by atoms with Crippen LogP contribution in [0.1, 0.15) is 47.9 Å². The summed E-state index contributed by atoms with van der Waals surface area (Å²) in [7, 11) is 1.65. The number of nitrogens with one attached hydrogen (secondary N) is 2. The molecular weight excluding hydrogens is 512 g/mol. The minimum absolute atomic E-state index is 0.0636. The third kappa shape index (κ3) is 7.36. The fourth-order valence-electron chi connectivity index (χ4n) is 5.67. The van der Waals surface area contributed by atoms with Crippen LogP contribution < -0.4 is 15.4 Å². The van der Waals surface area contributed by atoms with Gasteiger partial charge in [-0.25, -0.2) is 4.79 Å². The standard InChI is InChI=1S/C24H30N2O2.C7H7Br/c1-17-4-3-5-19(10-17)11-20-12-24(13-20)14-21(15-24)26-23(27)25-16-18-6-8-22(28-2)9-7-18;1-6-3-2-4-7(8)5-6/h3-10,20-21H,11-16H2,1-2H3,(H2,25,26,27);2-5H,1H3. The monoisotopic (exact) mass is 548 g/mol. The molecule has 2 aliphatic carbocycles. The summed E-state index contributed by atoms with van der Waals surface area (Å²) in [5, 5.41) is 6.08. The SMILES string of the molecule is COc1ccc(CNC(=O)NC2CC3(CC(Cc4cccc(C)c4)C3)C2)cc1.Cc1cccc(Br)c1. The van der Waals surface area contributed by atoms with Crippen LogP contribution in [-0.2, 0) is 13.0 Å². The number of ether oxygens (including phenoxy) is 1. The maximum absolute atomic E-state index is 12.2. The minimum atomic E-state index is -0.0636. The van der Waals surface area contributed by atoms with E-state index in [1.165, 1.54) is 36.0 Å². The zero-order valence-electron chi connectivity index (χ0n) is 21.5. The number of methoxy groups -OCH3 is 1. The van der Waals surface area contributed by atoms with Gasteiger partial charge in [0.25, 0.3) is 0 Å². The van der Waals surface area contributed by atoms with Gasteiger partial charge in [-0.3, -0.25) is 0 Å². The summed E-state index contributed by atoms with van der Waals surface area (Å²) < 4.78 is 6.30. The Morgan fingerprint density at radius 3 is 2.17 bits per heavy atom. The normalized spacial score (nSPS) is 21.9. The molecule has 0 radical (unpaired) electrons. The highest BCUT2D eigenvalue weighted by Gasteiger charge is 2.52.